The van der Waals surface area contributed by atoms with E-state index in [9.17, 15) is 18.0 Å². The van der Waals surface area contributed by atoms with Crippen LogP contribution in [0.25, 0.3) is 0 Å². The van der Waals surface area contributed by atoms with Crippen molar-refractivity contribution in [1.29, 1.82) is 0 Å². The highest BCUT2D eigenvalue weighted by atomic mass is 32.1. The summed E-state index contributed by atoms with van der Waals surface area (Å²) in [5.74, 6) is -1.06. The lowest BCUT2D eigenvalue weighted by atomic mass is 10.2. The Hall–Kier alpha value is -2.16. The van der Waals surface area contributed by atoms with Gasteiger partial charge in [-0.1, -0.05) is 0 Å². The topological polar surface area (TPSA) is 80.9 Å². The number of carbonyl (C=O) groups is 1. The molecule has 0 aromatic carbocycles. The average Bonchev–Trinajstić information content (AvgIpc) is 2.80. The van der Waals surface area contributed by atoms with Gasteiger partial charge in [-0.3, -0.25) is 4.79 Å². The van der Waals surface area contributed by atoms with Gasteiger partial charge >= 0.3 is 6.18 Å². The summed E-state index contributed by atoms with van der Waals surface area (Å²) in [4.78, 5) is 18.8. The van der Waals surface area contributed by atoms with E-state index in [4.69, 9.17) is 5.73 Å². The summed E-state index contributed by atoms with van der Waals surface area (Å²) >= 11 is 1.41. The third-order valence-corrected chi connectivity index (χ3v) is 3.38. The van der Waals surface area contributed by atoms with Crippen LogP contribution in [0.5, 0.6) is 0 Å². The van der Waals surface area contributed by atoms with Gasteiger partial charge in [-0.15, -0.1) is 11.3 Å². The van der Waals surface area contributed by atoms with E-state index < -0.39 is 17.8 Å². The number of nitrogens with two attached hydrogens (primary N) is 1. The molecule has 0 unspecified atom stereocenters. The Balaban J connectivity index is 2.28. The smallest absolute Gasteiger partial charge is 0.365 e. The zero-order valence-corrected chi connectivity index (χ0v) is 11.7. The molecule has 5 nitrogen and oxygen atoms in total. The predicted octanol–water partition coefficient (Wildman–Crippen LogP) is 2.58. The minimum Gasteiger partial charge on any atom is -0.365 e. The molecular formula is C12H11F3N4OS. The molecule has 9 heteroatoms. The van der Waals surface area contributed by atoms with E-state index in [-0.39, 0.29) is 17.9 Å². The second-order valence-electron chi connectivity index (χ2n) is 4.17. The summed E-state index contributed by atoms with van der Waals surface area (Å²) < 4.78 is 38.0. The monoisotopic (exact) mass is 316 g/mol. The maximum atomic E-state index is 12.7. The molecule has 2 aromatic heterocycles. The first-order chi connectivity index (χ1) is 9.77. The Bertz CT molecular complexity index is 669. The molecule has 0 saturated carbocycles. The van der Waals surface area contributed by atoms with Crippen molar-refractivity contribution < 1.29 is 18.0 Å². The number of pyridine rings is 1. The number of aromatic nitrogens is 2. The predicted molar refractivity (Wildman–Crippen MR) is 71.9 cm³/mol. The van der Waals surface area contributed by atoms with Crippen molar-refractivity contribution in [2.45, 2.75) is 19.6 Å². The second kappa shape index (κ2) is 5.68. The van der Waals surface area contributed by atoms with Gasteiger partial charge in [-0.25, -0.2) is 9.97 Å². The molecule has 1 amide bonds. The number of alkyl halides is 3. The van der Waals surface area contributed by atoms with Crippen LogP contribution in [0.15, 0.2) is 17.5 Å². The van der Waals surface area contributed by atoms with Crippen LogP contribution in [0.3, 0.4) is 0 Å². The molecule has 0 fully saturated rings. The number of aryl methyl sites for hydroxylation is 1. The minimum absolute atomic E-state index is 0.102. The molecular weight excluding hydrogens is 305 g/mol. The standard InChI is InChI=1S/C12H11F3N4OS/c1-6-18-7(5-21-6)4-17-11-8(10(16)20)2-3-9(19-11)12(13,14)15/h2-3,5H,4H2,1H3,(H2,16,20)(H,17,19). The number of rotatable bonds is 4. The van der Waals surface area contributed by atoms with Crippen LogP contribution in [0.2, 0.25) is 0 Å². The lowest BCUT2D eigenvalue weighted by molar-refractivity contribution is -0.141. The molecule has 0 aliphatic rings. The van der Waals surface area contributed by atoms with E-state index in [0.717, 1.165) is 17.1 Å². The van der Waals surface area contributed by atoms with Gasteiger partial charge in [0, 0.05) is 5.38 Å². The van der Waals surface area contributed by atoms with E-state index in [1.54, 1.807) is 5.38 Å². The highest BCUT2D eigenvalue weighted by molar-refractivity contribution is 7.09. The van der Waals surface area contributed by atoms with Gasteiger partial charge in [0.2, 0.25) is 0 Å². The van der Waals surface area contributed by atoms with Crippen LogP contribution in [-0.4, -0.2) is 15.9 Å². The van der Waals surface area contributed by atoms with E-state index in [1.165, 1.54) is 11.3 Å². The van der Waals surface area contributed by atoms with Gasteiger partial charge in [-0.2, -0.15) is 13.2 Å². The molecule has 0 aliphatic heterocycles. The minimum atomic E-state index is -4.59. The van der Waals surface area contributed by atoms with Crippen LogP contribution in [-0.2, 0) is 12.7 Å². The second-order valence-corrected chi connectivity index (χ2v) is 5.23. The molecule has 3 N–H and O–H groups in total. The molecule has 2 rings (SSSR count). The number of nitrogens with one attached hydrogen (secondary N) is 1. The van der Waals surface area contributed by atoms with Gasteiger partial charge in [0.25, 0.3) is 5.91 Å². The van der Waals surface area contributed by atoms with Crippen molar-refractivity contribution in [2.75, 3.05) is 5.32 Å². The zero-order valence-electron chi connectivity index (χ0n) is 10.9. The first-order valence-corrected chi connectivity index (χ1v) is 6.68. The Labute approximate surface area is 122 Å². The van der Waals surface area contributed by atoms with Gasteiger partial charge < -0.3 is 11.1 Å². The first-order valence-electron chi connectivity index (χ1n) is 5.80. The van der Waals surface area contributed by atoms with Crippen LogP contribution in [0, 0.1) is 6.92 Å². The summed E-state index contributed by atoms with van der Waals surface area (Å²) in [6.07, 6.45) is -4.59. The van der Waals surface area contributed by atoms with Crippen molar-refractivity contribution in [3.05, 3.63) is 39.5 Å². The molecule has 0 saturated heterocycles. The number of hydrogen-bond acceptors (Lipinski definition) is 5. The SMILES string of the molecule is Cc1nc(CNc2nc(C(F)(F)F)ccc2C(N)=O)cs1. The summed E-state index contributed by atoms with van der Waals surface area (Å²) in [5.41, 5.74) is 4.58. The highest BCUT2D eigenvalue weighted by Crippen LogP contribution is 2.29. The molecule has 0 aliphatic carbocycles. The van der Waals surface area contributed by atoms with Gasteiger partial charge in [-0.05, 0) is 19.1 Å². The van der Waals surface area contributed by atoms with E-state index >= 15 is 0 Å². The number of amides is 1. The molecule has 0 spiro atoms. The van der Waals surface area contributed by atoms with Gasteiger partial charge in [0.15, 0.2) is 0 Å². The van der Waals surface area contributed by atoms with Crippen molar-refractivity contribution in [2.24, 2.45) is 5.73 Å². The van der Waals surface area contributed by atoms with Gasteiger partial charge in [0.05, 0.1) is 22.8 Å². The number of hydrogen-bond donors (Lipinski definition) is 2. The Morgan fingerprint density at radius 2 is 2.10 bits per heavy atom. The molecule has 112 valence electrons. The van der Waals surface area contributed by atoms with Crippen molar-refractivity contribution in [1.82, 2.24) is 9.97 Å². The first kappa shape index (κ1) is 15.2. The Morgan fingerprint density at radius 3 is 2.62 bits per heavy atom. The molecule has 2 aromatic rings. The van der Waals surface area contributed by atoms with Gasteiger partial charge in [0.1, 0.15) is 11.5 Å². The number of primary amides is 1. The highest BCUT2D eigenvalue weighted by Gasteiger charge is 2.33. The van der Waals surface area contributed by atoms with Crippen LogP contribution >= 0.6 is 11.3 Å². The normalized spacial score (nSPS) is 11.4. The number of anilines is 1. The molecule has 0 atom stereocenters. The molecule has 0 radical (unpaired) electrons. The Morgan fingerprint density at radius 1 is 1.38 bits per heavy atom. The van der Waals surface area contributed by atoms with Crippen molar-refractivity contribution in [3.63, 3.8) is 0 Å². The summed E-state index contributed by atoms with van der Waals surface area (Å²) in [7, 11) is 0. The number of carbonyl (C=O) groups excluding carboxylic acids is 1. The van der Waals surface area contributed by atoms with Crippen LogP contribution < -0.4 is 11.1 Å². The van der Waals surface area contributed by atoms with E-state index in [1.807, 2.05) is 6.92 Å². The fraction of sp³-hybridized carbons (Fsp3) is 0.250. The molecule has 2 heterocycles. The fourth-order valence-corrected chi connectivity index (χ4v) is 2.23. The summed E-state index contributed by atoms with van der Waals surface area (Å²) in [6.45, 7) is 1.96. The third kappa shape index (κ3) is 3.69. The maximum absolute atomic E-state index is 12.7. The summed E-state index contributed by atoms with van der Waals surface area (Å²) in [5, 5.41) is 5.27. The number of halogens is 3. The zero-order chi connectivity index (χ0) is 15.6. The van der Waals surface area contributed by atoms with E-state index in [0.29, 0.717) is 5.69 Å². The molecule has 21 heavy (non-hydrogen) atoms. The van der Waals surface area contributed by atoms with Crippen molar-refractivity contribution >= 4 is 23.1 Å². The number of nitrogens with zero attached hydrogens (tertiary/aromatic N) is 2. The Kier molecular flexibility index (Phi) is 4.12. The average molecular weight is 316 g/mol. The largest absolute Gasteiger partial charge is 0.433 e. The van der Waals surface area contributed by atoms with Crippen LogP contribution in [0.4, 0.5) is 19.0 Å². The number of thiazole rings is 1. The van der Waals surface area contributed by atoms with Crippen molar-refractivity contribution in [3.8, 4) is 0 Å². The third-order valence-electron chi connectivity index (χ3n) is 2.55. The summed E-state index contributed by atoms with van der Waals surface area (Å²) in [6, 6.07) is 1.73. The maximum Gasteiger partial charge on any atom is 0.433 e. The molecule has 0 bridgehead atoms. The lowest BCUT2D eigenvalue weighted by Crippen LogP contribution is -2.18. The van der Waals surface area contributed by atoms with Crippen LogP contribution in [0.1, 0.15) is 26.8 Å². The fourth-order valence-electron chi connectivity index (χ4n) is 1.61. The quantitative estimate of drug-likeness (QED) is 0.908. The van der Waals surface area contributed by atoms with E-state index in [2.05, 4.69) is 15.3 Å². The lowest BCUT2D eigenvalue weighted by Gasteiger charge is -2.12.